The van der Waals surface area contributed by atoms with Crippen LogP contribution in [0.2, 0.25) is 0 Å². The lowest BCUT2D eigenvalue weighted by Crippen LogP contribution is -2.33. The Morgan fingerprint density at radius 3 is 2.65 bits per heavy atom. The van der Waals surface area contributed by atoms with E-state index in [4.69, 9.17) is 9.47 Å². The molecule has 3 aromatic rings. The Labute approximate surface area is 184 Å². The largest absolute Gasteiger partial charge is 0.493 e. The number of aromatic nitrogens is 3. The molecule has 8 nitrogen and oxygen atoms in total. The van der Waals surface area contributed by atoms with Gasteiger partial charge in [0, 0.05) is 30.0 Å². The van der Waals surface area contributed by atoms with Gasteiger partial charge in [0.25, 0.3) is 5.56 Å². The molecule has 0 fully saturated rings. The smallest absolute Gasteiger partial charge is 0.254 e. The molecule has 3 rings (SSSR count). The van der Waals surface area contributed by atoms with E-state index in [1.54, 1.807) is 14.2 Å². The number of nitrogens with zero attached hydrogens (tertiary/aromatic N) is 3. The van der Waals surface area contributed by atoms with Crippen molar-refractivity contribution in [2.24, 2.45) is 0 Å². The quantitative estimate of drug-likeness (QED) is 0.548. The highest BCUT2D eigenvalue weighted by Gasteiger charge is 2.11. The van der Waals surface area contributed by atoms with Gasteiger partial charge in [0.1, 0.15) is 11.6 Å². The van der Waals surface area contributed by atoms with Crippen LogP contribution in [0, 0.1) is 0 Å². The van der Waals surface area contributed by atoms with Crippen molar-refractivity contribution >= 4 is 17.2 Å². The topological polar surface area (TPSA) is 95.3 Å². The minimum atomic E-state index is -0.239. The number of amides is 1. The first kappa shape index (κ1) is 22.5. The van der Waals surface area contributed by atoms with Crippen molar-refractivity contribution in [2.75, 3.05) is 20.8 Å². The molecule has 164 valence electrons. The summed E-state index contributed by atoms with van der Waals surface area (Å²) in [6.45, 7) is 4.31. The first-order chi connectivity index (χ1) is 14.9. The van der Waals surface area contributed by atoms with Crippen molar-refractivity contribution in [1.82, 2.24) is 19.9 Å². The van der Waals surface area contributed by atoms with Crippen LogP contribution < -0.4 is 20.3 Å². The van der Waals surface area contributed by atoms with Crippen molar-refractivity contribution in [2.45, 2.75) is 32.7 Å². The van der Waals surface area contributed by atoms with Crippen molar-refractivity contribution in [3.63, 3.8) is 0 Å². The van der Waals surface area contributed by atoms with E-state index < -0.39 is 0 Å². The second kappa shape index (κ2) is 10.2. The maximum Gasteiger partial charge on any atom is 0.254 e. The average molecular weight is 443 g/mol. The second-order valence-corrected chi connectivity index (χ2v) is 8.11. The highest BCUT2D eigenvalue weighted by molar-refractivity contribution is 7.13. The summed E-state index contributed by atoms with van der Waals surface area (Å²) >= 11 is 1.53. The van der Waals surface area contributed by atoms with Gasteiger partial charge in [-0.05, 0) is 24.1 Å². The summed E-state index contributed by atoms with van der Waals surface area (Å²) in [5.74, 6) is 1.24. The Kier molecular flexibility index (Phi) is 7.41. The molecule has 0 radical (unpaired) electrons. The van der Waals surface area contributed by atoms with E-state index in [1.807, 2.05) is 37.4 Å². The van der Waals surface area contributed by atoms with Crippen molar-refractivity contribution in [1.29, 1.82) is 0 Å². The van der Waals surface area contributed by atoms with Gasteiger partial charge in [-0.3, -0.25) is 14.2 Å². The fourth-order valence-electron chi connectivity index (χ4n) is 2.94. The van der Waals surface area contributed by atoms with E-state index in [1.165, 1.54) is 28.3 Å². The number of benzene rings is 1. The SMILES string of the molecule is COc1ccc(-c2nc(CCNC(=O)Cn3cnc(C(C)C)cc3=O)cs2)cc1OC. The Morgan fingerprint density at radius 1 is 1.19 bits per heavy atom. The molecule has 2 heterocycles. The molecule has 2 aromatic heterocycles. The number of rotatable bonds is 9. The normalized spacial score (nSPS) is 10.9. The third-order valence-corrected chi connectivity index (χ3v) is 5.63. The molecular weight excluding hydrogens is 416 g/mol. The summed E-state index contributed by atoms with van der Waals surface area (Å²) in [7, 11) is 3.20. The number of carbonyl (C=O) groups excluding carboxylic acids is 1. The van der Waals surface area contributed by atoms with Crippen LogP contribution >= 0.6 is 11.3 Å². The predicted octanol–water partition coefficient (Wildman–Crippen LogP) is 2.87. The zero-order chi connectivity index (χ0) is 22.4. The number of ether oxygens (including phenoxy) is 2. The van der Waals surface area contributed by atoms with E-state index in [-0.39, 0.29) is 23.9 Å². The molecule has 1 N–H and O–H groups in total. The number of hydrogen-bond acceptors (Lipinski definition) is 7. The molecule has 0 aliphatic heterocycles. The molecule has 9 heteroatoms. The zero-order valence-electron chi connectivity index (χ0n) is 18.0. The van der Waals surface area contributed by atoms with E-state index in [2.05, 4.69) is 15.3 Å². The van der Waals surface area contributed by atoms with Crippen LogP contribution in [0.4, 0.5) is 0 Å². The molecule has 0 saturated carbocycles. The second-order valence-electron chi connectivity index (χ2n) is 7.25. The lowest BCUT2D eigenvalue weighted by molar-refractivity contribution is -0.121. The number of carbonyl (C=O) groups is 1. The van der Waals surface area contributed by atoms with Gasteiger partial charge < -0.3 is 14.8 Å². The number of nitrogens with one attached hydrogen (secondary N) is 1. The van der Waals surface area contributed by atoms with Crippen molar-refractivity contribution in [3.05, 3.63) is 57.7 Å². The third-order valence-electron chi connectivity index (χ3n) is 4.69. The van der Waals surface area contributed by atoms with Gasteiger partial charge in [-0.15, -0.1) is 11.3 Å². The van der Waals surface area contributed by atoms with Crippen LogP contribution in [-0.4, -0.2) is 41.2 Å². The summed E-state index contributed by atoms with van der Waals surface area (Å²) in [5.41, 5.74) is 2.31. The lowest BCUT2D eigenvalue weighted by atomic mass is 10.1. The molecule has 0 saturated heterocycles. The highest BCUT2D eigenvalue weighted by Crippen LogP contribution is 2.33. The maximum absolute atomic E-state index is 12.2. The summed E-state index contributed by atoms with van der Waals surface area (Å²) in [6, 6.07) is 7.14. The van der Waals surface area contributed by atoms with Gasteiger partial charge in [0.15, 0.2) is 11.5 Å². The van der Waals surface area contributed by atoms with Crippen LogP contribution in [0.15, 0.2) is 40.8 Å². The van der Waals surface area contributed by atoms with Crippen LogP contribution in [0.25, 0.3) is 10.6 Å². The molecule has 0 aliphatic rings. The summed E-state index contributed by atoms with van der Waals surface area (Å²) in [5, 5.41) is 5.66. The number of hydrogen-bond donors (Lipinski definition) is 1. The Hall–Kier alpha value is -3.20. The Bertz CT molecular complexity index is 1110. The van der Waals surface area contributed by atoms with Gasteiger partial charge in [-0.1, -0.05) is 13.8 Å². The Morgan fingerprint density at radius 2 is 1.97 bits per heavy atom. The van der Waals surface area contributed by atoms with Crippen LogP contribution in [0.3, 0.4) is 0 Å². The molecule has 0 aliphatic carbocycles. The molecule has 1 aromatic carbocycles. The molecule has 0 spiro atoms. The summed E-state index contributed by atoms with van der Waals surface area (Å²) < 4.78 is 11.9. The molecule has 31 heavy (non-hydrogen) atoms. The lowest BCUT2D eigenvalue weighted by Gasteiger charge is -2.09. The van der Waals surface area contributed by atoms with E-state index in [9.17, 15) is 9.59 Å². The fraction of sp³-hybridized carbons (Fsp3) is 0.364. The highest BCUT2D eigenvalue weighted by atomic mass is 32.1. The van der Waals surface area contributed by atoms with E-state index in [0.29, 0.717) is 24.5 Å². The monoisotopic (exact) mass is 442 g/mol. The molecule has 0 atom stereocenters. The first-order valence-electron chi connectivity index (χ1n) is 9.91. The van der Waals surface area contributed by atoms with Crippen LogP contribution in [0.5, 0.6) is 11.5 Å². The minimum Gasteiger partial charge on any atom is -0.493 e. The fourth-order valence-corrected chi connectivity index (χ4v) is 3.79. The van der Waals surface area contributed by atoms with E-state index >= 15 is 0 Å². The number of thiazole rings is 1. The predicted molar refractivity (Wildman–Crippen MR) is 120 cm³/mol. The Balaban J connectivity index is 1.54. The van der Waals surface area contributed by atoms with E-state index in [0.717, 1.165) is 22.0 Å². The van der Waals surface area contributed by atoms with Crippen LogP contribution in [0.1, 0.15) is 31.2 Å². The van der Waals surface area contributed by atoms with Gasteiger partial charge in [0.2, 0.25) is 5.91 Å². The minimum absolute atomic E-state index is 0.0574. The third kappa shape index (κ3) is 5.69. The van der Waals surface area contributed by atoms with Gasteiger partial charge >= 0.3 is 0 Å². The van der Waals surface area contributed by atoms with Gasteiger partial charge in [0.05, 0.1) is 31.9 Å². The molecule has 0 unspecified atom stereocenters. The maximum atomic E-state index is 12.2. The summed E-state index contributed by atoms with van der Waals surface area (Å²) in [4.78, 5) is 33.2. The van der Waals surface area contributed by atoms with Crippen LogP contribution in [-0.2, 0) is 17.8 Å². The van der Waals surface area contributed by atoms with Crippen molar-refractivity contribution < 1.29 is 14.3 Å². The first-order valence-corrected chi connectivity index (χ1v) is 10.8. The van der Waals surface area contributed by atoms with Crippen molar-refractivity contribution in [3.8, 4) is 22.1 Å². The average Bonchev–Trinajstić information content (AvgIpc) is 3.23. The zero-order valence-corrected chi connectivity index (χ0v) is 18.9. The standard InChI is InChI=1S/C22H26N4O4S/c1-14(2)17-10-21(28)26(13-24-17)11-20(27)23-8-7-16-12-31-22(25-16)15-5-6-18(29-3)19(9-15)30-4/h5-6,9-10,12-14H,7-8,11H2,1-4H3,(H,23,27). The molecular formula is C22H26N4O4S. The van der Waals surface area contributed by atoms with Gasteiger partial charge in [-0.2, -0.15) is 0 Å². The molecule has 0 bridgehead atoms. The number of methoxy groups -OCH3 is 2. The van der Waals surface area contributed by atoms with Gasteiger partial charge in [-0.25, -0.2) is 9.97 Å². The molecule has 1 amide bonds. The summed E-state index contributed by atoms with van der Waals surface area (Å²) in [6.07, 6.45) is 2.02.